The number of para-hydroxylation sites is 2. The zero-order chi connectivity index (χ0) is 19.2. The number of nitrogens with zero attached hydrogens (tertiary/aromatic N) is 3. The molecule has 3 aromatic rings. The number of rotatable bonds is 7. The van der Waals surface area contributed by atoms with Gasteiger partial charge in [-0.1, -0.05) is 30.3 Å². The van der Waals surface area contributed by atoms with Crippen LogP contribution in [0.1, 0.15) is 22.8 Å². The molecule has 1 amide bonds. The zero-order valence-corrected chi connectivity index (χ0v) is 15.4. The van der Waals surface area contributed by atoms with Crippen LogP contribution in [0, 0.1) is 0 Å². The van der Waals surface area contributed by atoms with Crippen LogP contribution in [-0.4, -0.2) is 40.0 Å². The van der Waals surface area contributed by atoms with E-state index in [4.69, 9.17) is 0 Å². The molecule has 6 nitrogen and oxygen atoms in total. The van der Waals surface area contributed by atoms with Gasteiger partial charge in [0.1, 0.15) is 0 Å². The van der Waals surface area contributed by atoms with E-state index in [9.17, 15) is 9.59 Å². The Bertz CT molecular complexity index is 934. The number of Topliss-reactive ketones (excluding diaryl/α,β-unsaturated/α-hetero) is 1. The van der Waals surface area contributed by atoms with Gasteiger partial charge < -0.3 is 5.32 Å². The van der Waals surface area contributed by atoms with Gasteiger partial charge in [-0.15, -0.1) is 0 Å². The van der Waals surface area contributed by atoms with Crippen molar-refractivity contribution >= 4 is 17.4 Å². The number of amides is 1. The Morgan fingerprint density at radius 3 is 2.52 bits per heavy atom. The van der Waals surface area contributed by atoms with Crippen molar-refractivity contribution in [2.75, 3.05) is 18.9 Å². The first-order chi connectivity index (χ1) is 13.0. The van der Waals surface area contributed by atoms with Crippen molar-refractivity contribution in [3.8, 4) is 5.69 Å². The standard InChI is InChI=1S/C21H22N4O2/c1-16(26)19-10-6-7-11-20(19)23-21(27)15-24(2)13-17-12-22-25(14-17)18-8-4-3-5-9-18/h3-12,14H,13,15H2,1-2H3,(H,23,27). The predicted molar refractivity (Wildman–Crippen MR) is 105 cm³/mol. The number of ketones is 1. The minimum atomic E-state index is -0.165. The molecular formula is C21H22N4O2. The highest BCUT2D eigenvalue weighted by atomic mass is 16.2. The van der Waals surface area contributed by atoms with Gasteiger partial charge in [-0.2, -0.15) is 5.10 Å². The summed E-state index contributed by atoms with van der Waals surface area (Å²) < 4.78 is 1.81. The minimum Gasteiger partial charge on any atom is -0.324 e. The summed E-state index contributed by atoms with van der Waals surface area (Å²) in [6.45, 7) is 2.29. The number of aromatic nitrogens is 2. The van der Waals surface area contributed by atoms with E-state index in [1.165, 1.54) is 6.92 Å². The lowest BCUT2D eigenvalue weighted by Crippen LogP contribution is -2.30. The Morgan fingerprint density at radius 1 is 1.07 bits per heavy atom. The number of hydrogen-bond acceptors (Lipinski definition) is 4. The molecule has 0 fully saturated rings. The van der Waals surface area contributed by atoms with Crippen LogP contribution in [0.25, 0.3) is 5.69 Å². The summed E-state index contributed by atoms with van der Waals surface area (Å²) in [6.07, 6.45) is 3.75. The van der Waals surface area contributed by atoms with E-state index in [1.54, 1.807) is 30.5 Å². The fourth-order valence-electron chi connectivity index (χ4n) is 2.87. The van der Waals surface area contributed by atoms with Crippen molar-refractivity contribution in [2.45, 2.75) is 13.5 Å². The molecule has 0 aliphatic heterocycles. The number of carbonyl (C=O) groups excluding carboxylic acids is 2. The van der Waals surface area contributed by atoms with E-state index in [-0.39, 0.29) is 18.2 Å². The van der Waals surface area contributed by atoms with Gasteiger partial charge >= 0.3 is 0 Å². The maximum absolute atomic E-state index is 12.3. The van der Waals surface area contributed by atoms with E-state index in [0.717, 1.165) is 11.3 Å². The first-order valence-corrected chi connectivity index (χ1v) is 8.70. The third-order valence-corrected chi connectivity index (χ3v) is 4.10. The highest BCUT2D eigenvalue weighted by Crippen LogP contribution is 2.15. The summed E-state index contributed by atoms with van der Waals surface area (Å²) in [7, 11) is 1.87. The molecule has 0 spiro atoms. The number of likely N-dealkylation sites (N-methyl/N-ethyl adjacent to an activating group) is 1. The fourth-order valence-corrected chi connectivity index (χ4v) is 2.87. The lowest BCUT2D eigenvalue weighted by Gasteiger charge is -2.16. The Labute approximate surface area is 158 Å². The summed E-state index contributed by atoms with van der Waals surface area (Å²) in [5.74, 6) is -0.241. The quantitative estimate of drug-likeness (QED) is 0.656. The van der Waals surface area contributed by atoms with Crippen LogP contribution in [0.5, 0.6) is 0 Å². The lowest BCUT2D eigenvalue weighted by atomic mass is 10.1. The molecule has 0 atom stereocenters. The summed E-state index contributed by atoms with van der Waals surface area (Å²) in [5, 5.41) is 7.19. The summed E-state index contributed by atoms with van der Waals surface area (Å²) in [5.41, 5.74) is 3.06. The Kier molecular flexibility index (Phi) is 5.78. The number of anilines is 1. The smallest absolute Gasteiger partial charge is 0.238 e. The van der Waals surface area contributed by atoms with Crippen LogP contribution < -0.4 is 5.32 Å². The molecule has 0 saturated heterocycles. The van der Waals surface area contributed by atoms with Gasteiger partial charge in [0, 0.05) is 23.9 Å². The van der Waals surface area contributed by atoms with E-state index >= 15 is 0 Å². The maximum Gasteiger partial charge on any atom is 0.238 e. The van der Waals surface area contributed by atoms with Crippen LogP contribution in [0.15, 0.2) is 67.0 Å². The molecule has 0 aliphatic rings. The first kappa shape index (κ1) is 18.5. The van der Waals surface area contributed by atoms with Crippen molar-refractivity contribution in [2.24, 2.45) is 0 Å². The molecular weight excluding hydrogens is 340 g/mol. The molecule has 0 aliphatic carbocycles. The highest BCUT2D eigenvalue weighted by Gasteiger charge is 2.12. The molecule has 138 valence electrons. The highest BCUT2D eigenvalue weighted by molar-refractivity contribution is 6.04. The topological polar surface area (TPSA) is 67.2 Å². The lowest BCUT2D eigenvalue weighted by molar-refractivity contribution is -0.117. The second-order valence-electron chi connectivity index (χ2n) is 6.45. The second kappa shape index (κ2) is 8.42. The van der Waals surface area contributed by atoms with Gasteiger partial charge in [0.25, 0.3) is 0 Å². The van der Waals surface area contributed by atoms with Crippen LogP contribution in [0.3, 0.4) is 0 Å². The number of carbonyl (C=O) groups is 2. The summed E-state index contributed by atoms with van der Waals surface area (Å²) in [4.78, 5) is 25.9. The number of hydrogen-bond donors (Lipinski definition) is 1. The van der Waals surface area contributed by atoms with E-state index < -0.39 is 0 Å². The molecule has 0 bridgehead atoms. The molecule has 0 saturated carbocycles. The first-order valence-electron chi connectivity index (χ1n) is 8.70. The van der Waals surface area contributed by atoms with Crippen molar-refractivity contribution < 1.29 is 9.59 Å². The van der Waals surface area contributed by atoms with Gasteiger partial charge in [0.15, 0.2) is 5.78 Å². The maximum atomic E-state index is 12.3. The van der Waals surface area contributed by atoms with Crippen LogP contribution >= 0.6 is 0 Å². The molecule has 1 N–H and O–H groups in total. The minimum absolute atomic E-state index is 0.0763. The number of nitrogens with one attached hydrogen (secondary N) is 1. The van der Waals surface area contributed by atoms with E-state index in [2.05, 4.69) is 10.4 Å². The van der Waals surface area contributed by atoms with Gasteiger partial charge in [-0.25, -0.2) is 4.68 Å². The summed E-state index contributed by atoms with van der Waals surface area (Å²) >= 11 is 0. The molecule has 6 heteroatoms. The van der Waals surface area contributed by atoms with Crippen molar-refractivity contribution in [1.29, 1.82) is 0 Å². The van der Waals surface area contributed by atoms with Gasteiger partial charge in [-0.05, 0) is 38.2 Å². The van der Waals surface area contributed by atoms with E-state index in [0.29, 0.717) is 17.8 Å². The van der Waals surface area contributed by atoms with Gasteiger partial charge in [-0.3, -0.25) is 14.5 Å². The molecule has 27 heavy (non-hydrogen) atoms. The largest absolute Gasteiger partial charge is 0.324 e. The molecule has 1 heterocycles. The Morgan fingerprint density at radius 2 is 1.78 bits per heavy atom. The Hall–Kier alpha value is -3.25. The molecule has 0 unspecified atom stereocenters. The van der Waals surface area contributed by atoms with Crippen LogP contribution in [-0.2, 0) is 11.3 Å². The SMILES string of the molecule is CC(=O)c1ccccc1NC(=O)CN(C)Cc1cnn(-c2ccccc2)c1. The zero-order valence-electron chi connectivity index (χ0n) is 15.4. The average Bonchev–Trinajstić information content (AvgIpc) is 3.11. The van der Waals surface area contributed by atoms with Crippen molar-refractivity contribution in [3.05, 3.63) is 78.1 Å². The van der Waals surface area contributed by atoms with Crippen molar-refractivity contribution in [3.63, 3.8) is 0 Å². The van der Waals surface area contributed by atoms with Gasteiger partial charge in [0.05, 0.1) is 24.1 Å². The van der Waals surface area contributed by atoms with Gasteiger partial charge in [0.2, 0.25) is 5.91 Å². The molecule has 2 aromatic carbocycles. The fraction of sp³-hybridized carbons (Fsp3) is 0.190. The second-order valence-corrected chi connectivity index (χ2v) is 6.45. The third-order valence-electron chi connectivity index (χ3n) is 4.10. The molecule has 1 aromatic heterocycles. The molecule has 3 rings (SSSR count). The van der Waals surface area contributed by atoms with Crippen LogP contribution in [0.2, 0.25) is 0 Å². The van der Waals surface area contributed by atoms with Crippen molar-refractivity contribution in [1.82, 2.24) is 14.7 Å². The van der Waals surface area contributed by atoms with Crippen LogP contribution in [0.4, 0.5) is 5.69 Å². The normalized spacial score (nSPS) is 10.8. The Balaban J connectivity index is 1.58. The average molecular weight is 362 g/mol. The van der Waals surface area contributed by atoms with E-state index in [1.807, 2.05) is 53.2 Å². The molecule has 0 radical (unpaired) electrons. The number of benzene rings is 2. The summed E-state index contributed by atoms with van der Waals surface area (Å²) in [6, 6.07) is 16.9. The third kappa shape index (κ3) is 4.89. The predicted octanol–water partition coefficient (Wildman–Crippen LogP) is 3.15. The monoisotopic (exact) mass is 362 g/mol.